The topological polar surface area (TPSA) is 54.5 Å². The van der Waals surface area contributed by atoms with Crippen molar-refractivity contribution in [2.24, 2.45) is 0 Å². The van der Waals surface area contributed by atoms with Gasteiger partial charge in [-0.2, -0.15) is 5.10 Å². The predicted molar refractivity (Wildman–Crippen MR) is 72.7 cm³/mol. The molecule has 0 aliphatic carbocycles. The van der Waals surface area contributed by atoms with Crippen LogP contribution in [0, 0.1) is 0 Å². The van der Waals surface area contributed by atoms with Gasteiger partial charge in [-0.15, -0.1) is 11.8 Å². The molecule has 90 valence electrons. The Morgan fingerprint density at radius 1 is 1.28 bits per heavy atom. The van der Waals surface area contributed by atoms with Crippen molar-refractivity contribution in [3.8, 4) is 0 Å². The minimum atomic E-state index is 0.754. The number of benzene rings is 1. The lowest BCUT2D eigenvalue weighted by Gasteiger charge is -2.02. The molecule has 0 unspecified atom stereocenters. The molecule has 1 aromatic carbocycles. The molecule has 0 aliphatic heterocycles. The molecule has 0 bridgehead atoms. The third-order valence-corrected chi connectivity index (χ3v) is 3.79. The number of aromatic amines is 1. The monoisotopic (exact) mass is 276 g/mol. The number of hydrogen-bond donors (Lipinski definition) is 1. The summed E-state index contributed by atoms with van der Waals surface area (Å²) in [6.07, 6.45) is 3.29. The van der Waals surface area contributed by atoms with Crippen LogP contribution in [0.2, 0.25) is 5.02 Å². The number of fused-ring (bicyclic) bond motifs is 1. The summed E-state index contributed by atoms with van der Waals surface area (Å²) in [6.45, 7) is 0. The van der Waals surface area contributed by atoms with Crippen molar-refractivity contribution in [3.63, 3.8) is 0 Å². The van der Waals surface area contributed by atoms with Crippen molar-refractivity contribution < 1.29 is 0 Å². The quantitative estimate of drug-likeness (QED) is 0.589. The molecular weight excluding hydrogens is 268 g/mol. The number of thioether (sulfide) groups is 1. The van der Waals surface area contributed by atoms with Crippen LogP contribution in [0.25, 0.3) is 11.0 Å². The first-order chi connectivity index (χ1) is 8.83. The molecule has 0 amide bonds. The molecule has 3 aromatic rings. The molecule has 0 fully saturated rings. The van der Waals surface area contributed by atoms with Crippen molar-refractivity contribution in [2.45, 2.75) is 10.8 Å². The van der Waals surface area contributed by atoms with Crippen LogP contribution < -0.4 is 0 Å². The van der Waals surface area contributed by atoms with Gasteiger partial charge in [0.05, 0.1) is 11.6 Å². The Balaban J connectivity index is 1.83. The van der Waals surface area contributed by atoms with Crippen molar-refractivity contribution >= 4 is 34.4 Å². The van der Waals surface area contributed by atoms with Crippen LogP contribution in [0.5, 0.6) is 0 Å². The summed E-state index contributed by atoms with van der Waals surface area (Å²) >= 11 is 7.60. The zero-order valence-corrected chi connectivity index (χ0v) is 10.9. The molecule has 6 heteroatoms. The molecule has 2 aromatic heterocycles. The average molecular weight is 277 g/mol. The fourth-order valence-electron chi connectivity index (χ4n) is 1.64. The molecule has 0 aliphatic rings. The van der Waals surface area contributed by atoms with E-state index in [1.807, 2.05) is 24.3 Å². The molecule has 2 heterocycles. The zero-order valence-electron chi connectivity index (χ0n) is 9.30. The highest BCUT2D eigenvalue weighted by Gasteiger charge is 2.06. The molecule has 0 spiro atoms. The van der Waals surface area contributed by atoms with Crippen molar-refractivity contribution in [2.75, 3.05) is 0 Å². The number of hydrogen-bond acceptors (Lipinski definition) is 4. The number of halogens is 1. The zero-order chi connectivity index (χ0) is 12.4. The first-order valence-corrected chi connectivity index (χ1v) is 6.70. The lowest BCUT2D eigenvalue weighted by molar-refractivity contribution is 1.07. The molecule has 1 N–H and O–H groups in total. The van der Waals surface area contributed by atoms with E-state index in [1.54, 1.807) is 24.3 Å². The third kappa shape index (κ3) is 2.32. The van der Waals surface area contributed by atoms with Crippen LogP contribution in [0.1, 0.15) is 5.56 Å². The number of rotatable bonds is 3. The second-order valence-corrected chi connectivity index (χ2v) is 5.13. The molecule has 0 radical (unpaired) electrons. The van der Waals surface area contributed by atoms with Crippen LogP contribution in [0.4, 0.5) is 0 Å². The van der Waals surface area contributed by atoms with Gasteiger partial charge in [0.2, 0.25) is 0 Å². The standard InChI is InChI=1S/C12H9ClN4S/c13-9-3-1-2-8(4-9)6-18-12-10-5-16-17-11(10)14-7-15-12/h1-5,7H,6H2,(H,14,15,16,17). The van der Waals surface area contributed by atoms with Gasteiger partial charge in [0.1, 0.15) is 11.4 Å². The number of nitrogens with zero attached hydrogens (tertiary/aromatic N) is 3. The summed E-state index contributed by atoms with van der Waals surface area (Å²) in [6, 6.07) is 7.83. The summed E-state index contributed by atoms with van der Waals surface area (Å²) < 4.78 is 0. The Bertz CT molecular complexity index is 682. The van der Waals surface area contributed by atoms with Crippen molar-refractivity contribution in [3.05, 3.63) is 47.4 Å². The summed E-state index contributed by atoms with van der Waals surface area (Å²) in [5, 5.41) is 9.43. The smallest absolute Gasteiger partial charge is 0.159 e. The van der Waals surface area contributed by atoms with Gasteiger partial charge < -0.3 is 0 Å². The Labute approximate surface area is 113 Å². The van der Waals surface area contributed by atoms with Gasteiger partial charge in [0, 0.05) is 10.8 Å². The summed E-state index contributed by atoms with van der Waals surface area (Å²) in [7, 11) is 0. The maximum Gasteiger partial charge on any atom is 0.159 e. The van der Waals surface area contributed by atoms with Gasteiger partial charge in [0.15, 0.2) is 5.65 Å². The second kappa shape index (κ2) is 4.96. The fourth-order valence-corrected chi connectivity index (χ4v) is 2.76. The molecule has 0 saturated carbocycles. The Kier molecular flexibility index (Phi) is 3.17. The van der Waals surface area contributed by atoms with Gasteiger partial charge >= 0.3 is 0 Å². The van der Waals surface area contributed by atoms with E-state index in [9.17, 15) is 0 Å². The molecule has 0 saturated heterocycles. The third-order valence-electron chi connectivity index (χ3n) is 2.48. The summed E-state index contributed by atoms with van der Waals surface area (Å²) in [5.41, 5.74) is 1.93. The Hall–Kier alpha value is -1.59. The largest absolute Gasteiger partial charge is 0.261 e. The Morgan fingerprint density at radius 2 is 2.22 bits per heavy atom. The van der Waals surface area contributed by atoms with E-state index in [0.29, 0.717) is 0 Å². The van der Waals surface area contributed by atoms with E-state index >= 15 is 0 Å². The van der Waals surface area contributed by atoms with Crippen LogP contribution in [-0.2, 0) is 5.75 Å². The van der Waals surface area contributed by atoms with E-state index in [2.05, 4.69) is 20.2 Å². The summed E-state index contributed by atoms with van der Waals surface area (Å²) in [5.74, 6) is 0.817. The average Bonchev–Trinajstić information content (AvgIpc) is 2.85. The van der Waals surface area contributed by atoms with Crippen molar-refractivity contribution in [1.82, 2.24) is 20.2 Å². The molecule has 3 rings (SSSR count). The Morgan fingerprint density at radius 3 is 3.11 bits per heavy atom. The first kappa shape index (κ1) is 11.5. The number of aromatic nitrogens is 4. The minimum Gasteiger partial charge on any atom is -0.261 e. The highest BCUT2D eigenvalue weighted by atomic mass is 35.5. The highest BCUT2D eigenvalue weighted by molar-refractivity contribution is 7.98. The van der Waals surface area contributed by atoms with Gasteiger partial charge in [-0.1, -0.05) is 23.7 Å². The van der Waals surface area contributed by atoms with E-state index in [1.165, 1.54) is 5.56 Å². The first-order valence-electron chi connectivity index (χ1n) is 5.34. The predicted octanol–water partition coefficient (Wildman–Crippen LogP) is 3.30. The van der Waals surface area contributed by atoms with Gasteiger partial charge in [-0.25, -0.2) is 9.97 Å². The number of H-pyrrole nitrogens is 1. The summed E-state index contributed by atoms with van der Waals surface area (Å²) in [4.78, 5) is 8.38. The molecule has 4 nitrogen and oxygen atoms in total. The fraction of sp³-hybridized carbons (Fsp3) is 0.0833. The lowest BCUT2D eigenvalue weighted by atomic mass is 10.2. The van der Waals surface area contributed by atoms with Crippen molar-refractivity contribution in [1.29, 1.82) is 0 Å². The van der Waals surface area contributed by atoms with E-state index in [4.69, 9.17) is 11.6 Å². The van der Waals surface area contributed by atoms with Gasteiger partial charge in [-0.05, 0) is 17.7 Å². The van der Waals surface area contributed by atoms with Crippen LogP contribution >= 0.6 is 23.4 Å². The van der Waals surface area contributed by atoms with Gasteiger partial charge in [-0.3, -0.25) is 5.10 Å². The maximum atomic E-state index is 5.95. The second-order valence-electron chi connectivity index (χ2n) is 3.73. The molecule has 0 atom stereocenters. The minimum absolute atomic E-state index is 0.754. The SMILES string of the molecule is Clc1cccc(CSc2ncnc3[nH]ncc23)c1. The van der Waals surface area contributed by atoms with E-state index in [-0.39, 0.29) is 0 Å². The highest BCUT2D eigenvalue weighted by Crippen LogP contribution is 2.26. The maximum absolute atomic E-state index is 5.95. The van der Waals surface area contributed by atoms with Crippen LogP contribution in [-0.4, -0.2) is 20.2 Å². The van der Waals surface area contributed by atoms with Crippen LogP contribution in [0.15, 0.2) is 41.8 Å². The lowest BCUT2D eigenvalue weighted by Crippen LogP contribution is -1.86. The van der Waals surface area contributed by atoms with Crippen LogP contribution in [0.3, 0.4) is 0 Å². The number of nitrogens with one attached hydrogen (secondary N) is 1. The molecule has 18 heavy (non-hydrogen) atoms. The normalized spacial score (nSPS) is 10.9. The van der Waals surface area contributed by atoms with E-state index in [0.717, 1.165) is 26.8 Å². The molecular formula is C12H9ClN4S. The van der Waals surface area contributed by atoms with Gasteiger partial charge in [0.25, 0.3) is 0 Å². The van der Waals surface area contributed by atoms with E-state index < -0.39 is 0 Å².